The Kier molecular flexibility index (Phi) is 10.4. The number of aromatic nitrogens is 3. The van der Waals surface area contributed by atoms with Crippen LogP contribution in [0.25, 0.3) is 16.9 Å². The van der Waals surface area contributed by atoms with E-state index in [1.807, 2.05) is 44.2 Å². The first-order valence-corrected chi connectivity index (χ1v) is 14.5. The highest BCUT2D eigenvalue weighted by Crippen LogP contribution is 2.27. The molecule has 4 rings (SSSR count). The average molecular weight is 609 g/mol. The Labute approximate surface area is 255 Å². The second-order valence-electron chi connectivity index (χ2n) is 11.4. The molecule has 12 heteroatoms. The number of nitrogens with one attached hydrogen (secondary N) is 2. The maximum Gasteiger partial charge on any atom is 0.407 e. The van der Waals surface area contributed by atoms with Crippen LogP contribution < -0.4 is 15.4 Å². The van der Waals surface area contributed by atoms with E-state index in [9.17, 15) is 23.5 Å². The predicted octanol–water partition coefficient (Wildman–Crippen LogP) is 7.12. The van der Waals surface area contributed by atoms with Crippen LogP contribution in [0.5, 0.6) is 5.75 Å². The number of amides is 2. The summed E-state index contributed by atoms with van der Waals surface area (Å²) >= 11 is 0. The first-order chi connectivity index (χ1) is 20.9. The van der Waals surface area contributed by atoms with Crippen molar-refractivity contribution in [3.8, 4) is 17.0 Å². The molecule has 0 spiro atoms. The second-order valence-corrected chi connectivity index (χ2v) is 11.4. The van der Waals surface area contributed by atoms with E-state index in [-0.39, 0.29) is 11.7 Å². The van der Waals surface area contributed by atoms with Gasteiger partial charge in [-0.2, -0.15) is 8.78 Å². The third kappa shape index (κ3) is 8.21. The van der Waals surface area contributed by atoms with Crippen LogP contribution in [-0.4, -0.2) is 61.6 Å². The van der Waals surface area contributed by atoms with Gasteiger partial charge in [-0.15, -0.1) is 0 Å². The van der Waals surface area contributed by atoms with E-state index in [0.29, 0.717) is 30.1 Å². The standard InChI is InChI=1S/C32H38F2N6O4/c1-21-19-23(11-14-25(21)29(41)36-15-7-5-6-8-17-40(31(42)43)32(2,3)4)38-27-28-37-20-26(39(28)18-16-35-27)22-9-12-24(13-10-22)44-30(33)34/h9-14,16,18-20,30H,5-8,15,17H2,1-4H3,(H,35,38)(H,36,41)(H,42,43). The van der Waals surface area contributed by atoms with Crippen molar-refractivity contribution >= 4 is 29.2 Å². The molecule has 0 radical (unpaired) electrons. The molecule has 234 valence electrons. The Morgan fingerprint density at radius 1 is 1.05 bits per heavy atom. The summed E-state index contributed by atoms with van der Waals surface area (Å²) in [5.74, 6) is 0.441. The number of fused-ring (bicyclic) bond motifs is 1. The molecule has 0 aliphatic carbocycles. The van der Waals surface area contributed by atoms with Crippen molar-refractivity contribution in [2.45, 2.75) is 65.5 Å². The zero-order valence-corrected chi connectivity index (χ0v) is 25.3. The molecule has 0 bridgehead atoms. The number of carbonyl (C=O) groups excluding carboxylic acids is 1. The van der Waals surface area contributed by atoms with Crippen LogP contribution in [0.3, 0.4) is 0 Å². The zero-order valence-electron chi connectivity index (χ0n) is 25.3. The molecule has 44 heavy (non-hydrogen) atoms. The second kappa shape index (κ2) is 14.2. The van der Waals surface area contributed by atoms with Crippen molar-refractivity contribution in [3.05, 3.63) is 72.2 Å². The maximum absolute atomic E-state index is 12.8. The van der Waals surface area contributed by atoms with Gasteiger partial charge in [-0.1, -0.05) is 12.8 Å². The topological polar surface area (TPSA) is 121 Å². The largest absolute Gasteiger partial charge is 0.465 e. The number of hydrogen-bond donors (Lipinski definition) is 3. The highest BCUT2D eigenvalue weighted by atomic mass is 19.3. The fraction of sp³-hybridized carbons (Fsp3) is 0.375. The number of hydrogen-bond acceptors (Lipinski definition) is 6. The number of aryl methyl sites for hydroxylation is 1. The van der Waals surface area contributed by atoms with E-state index in [4.69, 9.17) is 0 Å². The number of rotatable bonds is 13. The van der Waals surface area contributed by atoms with Gasteiger partial charge in [0.25, 0.3) is 5.91 Å². The average Bonchev–Trinajstić information content (AvgIpc) is 3.39. The zero-order chi connectivity index (χ0) is 31.9. The van der Waals surface area contributed by atoms with Gasteiger partial charge in [0, 0.05) is 47.8 Å². The molecule has 0 aliphatic rings. The molecule has 0 fully saturated rings. The van der Waals surface area contributed by atoms with E-state index in [1.54, 1.807) is 36.8 Å². The van der Waals surface area contributed by atoms with E-state index >= 15 is 0 Å². The Balaban J connectivity index is 1.31. The van der Waals surface area contributed by atoms with E-state index < -0.39 is 18.2 Å². The van der Waals surface area contributed by atoms with Crippen LogP contribution >= 0.6 is 0 Å². The Bertz CT molecular complexity index is 1580. The van der Waals surface area contributed by atoms with Gasteiger partial charge in [-0.25, -0.2) is 14.8 Å². The molecule has 0 saturated carbocycles. The van der Waals surface area contributed by atoms with E-state index in [2.05, 4.69) is 25.3 Å². The highest BCUT2D eigenvalue weighted by Gasteiger charge is 2.25. The van der Waals surface area contributed by atoms with Crippen LogP contribution in [0, 0.1) is 6.92 Å². The molecule has 10 nitrogen and oxygen atoms in total. The Hall–Kier alpha value is -4.74. The smallest absolute Gasteiger partial charge is 0.407 e. The molecule has 0 atom stereocenters. The number of carbonyl (C=O) groups is 2. The third-order valence-electron chi connectivity index (χ3n) is 7.17. The SMILES string of the molecule is Cc1cc(Nc2nccn3c(-c4ccc(OC(F)F)cc4)cnc23)ccc1C(=O)NCCCCCCN(C(=O)O)C(C)(C)C. The summed E-state index contributed by atoms with van der Waals surface area (Å²) in [4.78, 5) is 34.7. The van der Waals surface area contributed by atoms with Gasteiger partial charge in [0.2, 0.25) is 0 Å². The monoisotopic (exact) mass is 608 g/mol. The van der Waals surface area contributed by atoms with Gasteiger partial charge in [-0.05, 0) is 88.6 Å². The van der Waals surface area contributed by atoms with Crippen LogP contribution in [-0.2, 0) is 0 Å². The number of halogens is 2. The van der Waals surface area contributed by atoms with Crippen molar-refractivity contribution in [3.63, 3.8) is 0 Å². The van der Waals surface area contributed by atoms with E-state index in [0.717, 1.165) is 48.2 Å². The lowest BCUT2D eigenvalue weighted by Gasteiger charge is -2.33. The van der Waals surface area contributed by atoms with Crippen LogP contribution in [0.2, 0.25) is 0 Å². The van der Waals surface area contributed by atoms with Crippen molar-refractivity contribution in [1.29, 1.82) is 0 Å². The maximum atomic E-state index is 12.8. The molecule has 2 aromatic carbocycles. The van der Waals surface area contributed by atoms with Crippen molar-refractivity contribution in [1.82, 2.24) is 24.6 Å². The van der Waals surface area contributed by atoms with Crippen LogP contribution in [0.4, 0.5) is 25.1 Å². The van der Waals surface area contributed by atoms with Gasteiger partial charge in [0.1, 0.15) is 5.75 Å². The summed E-state index contributed by atoms with van der Waals surface area (Å²) in [6.45, 7) is 5.67. The summed E-state index contributed by atoms with van der Waals surface area (Å²) < 4.78 is 31.3. The number of benzene rings is 2. The lowest BCUT2D eigenvalue weighted by molar-refractivity contribution is -0.0498. The summed E-state index contributed by atoms with van der Waals surface area (Å²) in [6, 6.07) is 11.8. The molecular formula is C32H38F2N6O4. The van der Waals surface area contributed by atoms with Crippen molar-refractivity contribution < 1.29 is 28.2 Å². The molecule has 0 unspecified atom stereocenters. The number of imidazole rings is 1. The molecule has 4 aromatic rings. The lowest BCUT2D eigenvalue weighted by Crippen LogP contribution is -2.45. The van der Waals surface area contributed by atoms with Crippen LogP contribution in [0.15, 0.2) is 61.1 Å². The number of alkyl halides is 2. The minimum atomic E-state index is -2.89. The molecule has 2 aromatic heterocycles. The molecule has 3 N–H and O–H groups in total. The van der Waals surface area contributed by atoms with Crippen LogP contribution in [0.1, 0.15) is 62.4 Å². The molecule has 2 heterocycles. The number of anilines is 2. The van der Waals surface area contributed by atoms with Gasteiger partial charge >= 0.3 is 12.7 Å². The fourth-order valence-electron chi connectivity index (χ4n) is 4.92. The van der Waals surface area contributed by atoms with Gasteiger partial charge in [0.05, 0.1) is 11.9 Å². The van der Waals surface area contributed by atoms with Crippen molar-refractivity contribution in [2.75, 3.05) is 18.4 Å². The molecule has 0 saturated heterocycles. The third-order valence-corrected chi connectivity index (χ3v) is 7.17. The van der Waals surface area contributed by atoms with Gasteiger partial charge < -0.3 is 25.4 Å². The quantitative estimate of drug-likeness (QED) is 0.138. The summed E-state index contributed by atoms with van der Waals surface area (Å²) in [7, 11) is 0. The predicted molar refractivity (Wildman–Crippen MR) is 165 cm³/mol. The first kappa shape index (κ1) is 32.2. The van der Waals surface area contributed by atoms with Gasteiger partial charge in [0.15, 0.2) is 11.5 Å². The summed E-state index contributed by atoms with van der Waals surface area (Å²) in [5, 5.41) is 15.6. The number of ether oxygens (including phenoxy) is 1. The summed E-state index contributed by atoms with van der Waals surface area (Å²) in [5.41, 5.74) is 3.78. The van der Waals surface area contributed by atoms with E-state index in [1.165, 1.54) is 17.0 Å². The van der Waals surface area contributed by atoms with Crippen molar-refractivity contribution in [2.24, 2.45) is 0 Å². The minimum absolute atomic E-state index is 0.0758. The lowest BCUT2D eigenvalue weighted by atomic mass is 10.1. The highest BCUT2D eigenvalue weighted by molar-refractivity contribution is 5.96. The Morgan fingerprint density at radius 2 is 1.77 bits per heavy atom. The molecule has 0 aliphatic heterocycles. The Morgan fingerprint density at radius 3 is 2.43 bits per heavy atom. The summed E-state index contributed by atoms with van der Waals surface area (Å²) in [6.07, 6.45) is 7.54. The van der Waals surface area contributed by atoms with Gasteiger partial charge in [-0.3, -0.25) is 9.20 Å². The number of nitrogens with zero attached hydrogens (tertiary/aromatic N) is 4. The normalized spacial score (nSPS) is 11.5. The fourth-order valence-corrected chi connectivity index (χ4v) is 4.92. The molecular weight excluding hydrogens is 570 g/mol. The minimum Gasteiger partial charge on any atom is -0.465 e. The first-order valence-electron chi connectivity index (χ1n) is 14.5. The number of unbranched alkanes of at least 4 members (excludes halogenated alkanes) is 3. The number of carboxylic acid groups (broad SMARTS) is 1. The molecule has 2 amide bonds.